The van der Waals surface area contributed by atoms with Gasteiger partial charge in [0.15, 0.2) is 5.78 Å². The number of thiocarbonyl (C=S) groups is 1. The molecule has 90 valence electrons. The maximum atomic E-state index is 12.0. The van der Waals surface area contributed by atoms with Gasteiger partial charge < -0.3 is 5.73 Å². The summed E-state index contributed by atoms with van der Waals surface area (Å²) in [6.07, 6.45) is 2.91. The van der Waals surface area contributed by atoms with Crippen LogP contribution in [0.2, 0.25) is 0 Å². The molecular formula is C14H17NOS. The number of benzene rings is 1. The highest BCUT2D eigenvalue weighted by Gasteiger charge is 2.28. The van der Waals surface area contributed by atoms with Gasteiger partial charge in [-0.15, -0.1) is 0 Å². The number of ketones is 1. The van der Waals surface area contributed by atoms with E-state index in [1.54, 1.807) is 0 Å². The number of carbonyl (C=O) groups is 1. The Balaban J connectivity index is 2.55. The summed E-state index contributed by atoms with van der Waals surface area (Å²) >= 11 is 5.02. The van der Waals surface area contributed by atoms with E-state index in [0.717, 1.165) is 16.7 Å². The third kappa shape index (κ3) is 2.39. The molecule has 1 aromatic carbocycles. The number of rotatable bonds is 4. The molecule has 2 N–H and O–H groups in total. The van der Waals surface area contributed by atoms with Crippen LogP contribution in [0.3, 0.4) is 0 Å². The van der Waals surface area contributed by atoms with Gasteiger partial charge in [0, 0.05) is 17.5 Å². The minimum Gasteiger partial charge on any atom is -0.389 e. The molecule has 0 radical (unpaired) electrons. The van der Waals surface area contributed by atoms with E-state index in [-0.39, 0.29) is 5.78 Å². The lowest BCUT2D eigenvalue weighted by Gasteiger charge is -2.12. The fourth-order valence-corrected chi connectivity index (χ4v) is 2.38. The van der Waals surface area contributed by atoms with Gasteiger partial charge in [-0.3, -0.25) is 4.79 Å². The first-order chi connectivity index (χ1) is 8.04. The van der Waals surface area contributed by atoms with E-state index in [0.29, 0.717) is 17.3 Å². The first kappa shape index (κ1) is 12.2. The van der Waals surface area contributed by atoms with E-state index in [1.807, 2.05) is 19.9 Å². The molecule has 0 spiro atoms. The number of hydrogen-bond donors (Lipinski definition) is 1. The predicted octanol–water partition coefficient (Wildman–Crippen LogP) is 3.10. The van der Waals surface area contributed by atoms with Crippen molar-refractivity contribution in [3.8, 4) is 0 Å². The molecule has 0 heterocycles. The molecule has 0 aliphatic heterocycles. The second kappa shape index (κ2) is 4.57. The smallest absolute Gasteiger partial charge is 0.162 e. The molecular weight excluding hydrogens is 230 g/mol. The molecule has 0 atom stereocenters. The summed E-state index contributed by atoms with van der Waals surface area (Å²) in [5.41, 5.74) is 9.61. The summed E-state index contributed by atoms with van der Waals surface area (Å²) in [6.45, 7) is 3.89. The summed E-state index contributed by atoms with van der Waals surface area (Å²) in [6, 6.07) is 3.98. The fourth-order valence-electron chi connectivity index (χ4n) is 2.16. The van der Waals surface area contributed by atoms with Crippen LogP contribution in [0, 0.1) is 6.92 Å². The van der Waals surface area contributed by atoms with Crippen LogP contribution in [0.5, 0.6) is 0 Å². The van der Waals surface area contributed by atoms with Crippen LogP contribution < -0.4 is 5.73 Å². The van der Waals surface area contributed by atoms with E-state index in [1.165, 1.54) is 18.4 Å². The maximum Gasteiger partial charge on any atom is 0.162 e. The van der Waals surface area contributed by atoms with E-state index < -0.39 is 0 Å². The van der Waals surface area contributed by atoms with Crippen LogP contribution in [-0.2, 0) is 0 Å². The summed E-state index contributed by atoms with van der Waals surface area (Å²) in [4.78, 5) is 12.3. The SMILES string of the molecule is CCC(=O)c1cc(C(N)=S)c(C)cc1C1CC1. The largest absolute Gasteiger partial charge is 0.389 e. The van der Waals surface area contributed by atoms with Crippen molar-refractivity contribution < 1.29 is 4.79 Å². The zero-order valence-electron chi connectivity index (χ0n) is 10.2. The van der Waals surface area contributed by atoms with E-state index in [9.17, 15) is 4.79 Å². The molecule has 0 amide bonds. The number of Topliss-reactive ketones (excluding diaryl/α,β-unsaturated/α-hetero) is 1. The van der Waals surface area contributed by atoms with E-state index in [2.05, 4.69) is 6.07 Å². The third-order valence-corrected chi connectivity index (χ3v) is 3.52. The van der Waals surface area contributed by atoms with Crippen molar-refractivity contribution in [2.24, 2.45) is 5.73 Å². The van der Waals surface area contributed by atoms with Gasteiger partial charge in [0.05, 0.1) is 0 Å². The summed E-state index contributed by atoms with van der Waals surface area (Å²) in [5.74, 6) is 0.754. The molecule has 0 aromatic heterocycles. The Hall–Kier alpha value is -1.22. The van der Waals surface area contributed by atoms with Crippen LogP contribution in [-0.4, -0.2) is 10.8 Å². The van der Waals surface area contributed by atoms with Crippen LogP contribution in [0.4, 0.5) is 0 Å². The lowest BCUT2D eigenvalue weighted by Crippen LogP contribution is -2.14. The van der Waals surface area contributed by atoms with Gasteiger partial charge >= 0.3 is 0 Å². The van der Waals surface area contributed by atoms with Gasteiger partial charge in [-0.05, 0) is 42.9 Å². The van der Waals surface area contributed by atoms with Gasteiger partial charge in [0.25, 0.3) is 0 Å². The highest BCUT2D eigenvalue weighted by atomic mass is 32.1. The molecule has 1 aliphatic rings. The normalized spacial score (nSPS) is 14.7. The predicted molar refractivity (Wildman–Crippen MR) is 73.7 cm³/mol. The zero-order valence-corrected chi connectivity index (χ0v) is 11.1. The lowest BCUT2D eigenvalue weighted by atomic mass is 9.93. The number of hydrogen-bond acceptors (Lipinski definition) is 2. The molecule has 0 saturated heterocycles. The van der Waals surface area contributed by atoms with E-state index >= 15 is 0 Å². The van der Waals surface area contributed by atoms with Crippen LogP contribution in [0.1, 0.15) is 59.2 Å². The van der Waals surface area contributed by atoms with Crippen molar-refractivity contribution in [2.75, 3.05) is 0 Å². The summed E-state index contributed by atoms with van der Waals surface area (Å²) in [5, 5.41) is 0. The summed E-state index contributed by atoms with van der Waals surface area (Å²) in [7, 11) is 0. The minimum atomic E-state index is 0.185. The Morgan fingerprint density at radius 3 is 2.53 bits per heavy atom. The average Bonchev–Trinajstić information content (AvgIpc) is 3.11. The fraction of sp³-hybridized carbons (Fsp3) is 0.429. The van der Waals surface area contributed by atoms with Gasteiger partial charge in [-0.2, -0.15) is 0 Å². The van der Waals surface area contributed by atoms with Gasteiger partial charge in [-0.1, -0.05) is 25.2 Å². The quantitative estimate of drug-likeness (QED) is 0.656. The van der Waals surface area contributed by atoms with Crippen molar-refractivity contribution >= 4 is 23.0 Å². The van der Waals surface area contributed by atoms with Gasteiger partial charge in [0.1, 0.15) is 4.99 Å². The van der Waals surface area contributed by atoms with Crippen LogP contribution in [0.15, 0.2) is 12.1 Å². The molecule has 2 nitrogen and oxygen atoms in total. The molecule has 1 saturated carbocycles. The van der Waals surface area contributed by atoms with E-state index in [4.69, 9.17) is 18.0 Å². The standard InChI is InChI=1S/C14H17NOS/c1-3-13(16)12-7-10(14(15)17)8(2)6-11(12)9-4-5-9/h6-7,9H,3-5H2,1-2H3,(H2,15,17). The monoisotopic (exact) mass is 247 g/mol. The molecule has 1 aliphatic carbocycles. The Morgan fingerprint density at radius 1 is 1.41 bits per heavy atom. The Bertz CT molecular complexity index is 489. The van der Waals surface area contributed by atoms with Gasteiger partial charge in [0.2, 0.25) is 0 Å². The molecule has 0 unspecified atom stereocenters. The molecule has 3 heteroatoms. The average molecular weight is 247 g/mol. The highest BCUT2D eigenvalue weighted by molar-refractivity contribution is 7.80. The molecule has 17 heavy (non-hydrogen) atoms. The second-order valence-corrected chi connectivity index (χ2v) is 5.11. The minimum absolute atomic E-state index is 0.185. The second-order valence-electron chi connectivity index (χ2n) is 4.67. The van der Waals surface area contributed by atoms with Crippen LogP contribution in [0.25, 0.3) is 0 Å². The van der Waals surface area contributed by atoms with Crippen molar-refractivity contribution in [2.45, 2.75) is 39.0 Å². The Kier molecular flexibility index (Phi) is 3.29. The van der Waals surface area contributed by atoms with Gasteiger partial charge in [-0.25, -0.2) is 0 Å². The van der Waals surface area contributed by atoms with Crippen molar-refractivity contribution in [3.05, 3.63) is 34.4 Å². The number of aryl methyl sites for hydroxylation is 1. The maximum absolute atomic E-state index is 12.0. The van der Waals surface area contributed by atoms with Crippen molar-refractivity contribution in [3.63, 3.8) is 0 Å². The zero-order chi connectivity index (χ0) is 12.6. The molecule has 0 bridgehead atoms. The van der Waals surface area contributed by atoms with Crippen molar-refractivity contribution in [1.82, 2.24) is 0 Å². The van der Waals surface area contributed by atoms with Crippen LogP contribution >= 0.6 is 12.2 Å². The molecule has 2 rings (SSSR count). The third-order valence-electron chi connectivity index (χ3n) is 3.30. The summed E-state index contributed by atoms with van der Waals surface area (Å²) < 4.78 is 0. The molecule has 1 fully saturated rings. The Morgan fingerprint density at radius 2 is 2.06 bits per heavy atom. The topological polar surface area (TPSA) is 43.1 Å². The Labute approximate surface area is 107 Å². The highest BCUT2D eigenvalue weighted by Crippen LogP contribution is 2.42. The number of nitrogens with two attached hydrogens (primary N) is 1. The first-order valence-corrected chi connectivity index (χ1v) is 6.43. The first-order valence-electron chi connectivity index (χ1n) is 6.02. The number of carbonyl (C=O) groups excluding carboxylic acids is 1. The van der Waals surface area contributed by atoms with Crippen molar-refractivity contribution in [1.29, 1.82) is 0 Å². The lowest BCUT2D eigenvalue weighted by molar-refractivity contribution is 0.0987. The molecule has 1 aromatic rings.